The lowest BCUT2D eigenvalue weighted by molar-refractivity contribution is 0.0253. The molecule has 1 aliphatic carbocycles. The van der Waals surface area contributed by atoms with Crippen molar-refractivity contribution in [2.24, 2.45) is 5.11 Å². The summed E-state index contributed by atoms with van der Waals surface area (Å²) in [5, 5.41) is 25.7. The number of azide groups is 1. The van der Waals surface area contributed by atoms with Crippen LogP contribution in [-0.2, 0) is 12.8 Å². The predicted molar refractivity (Wildman–Crippen MR) is 76.3 cm³/mol. The zero-order valence-electron chi connectivity index (χ0n) is 10.9. The molecule has 0 aromatic heterocycles. The lowest BCUT2D eigenvalue weighted by Crippen LogP contribution is -2.21. The van der Waals surface area contributed by atoms with E-state index in [9.17, 15) is 10.2 Å². The van der Waals surface area contributed by atoms with Crippen LogP contribution in [0, 0.1) is 0 Å². The van der Waals surface area contributed by atoms with Gasteiger partial charge in [-0.2, -0.15) is 0 Å². The fourth-order valence-corrected chi connectivity index (χ4v) is 2.95. The van der Waals surface area contributed by atoms with Crippen molar-refractivity contribution in [1.29, 1.82) is 0 Å². The average Bonchev–Trinajstić information content (AvgIpc) is 2.90. The Labute approximate surface area is 116 Å². The quantitative estimate of drug-likeness (QED) is 0.507. The van der Waals surface area contributed by atoms with E-state index >= 15 is 0 Å². The number of nitrogens with zero attached hydrogens (tertiary/aromatic N) is 3. The molecule has 0 bridgehead atoms. The largest absolute Gasteiger partial charge is 0.390 e. The highest BCUT2D eigenvalue weighted by Gasteiger charge is 2.23. The third kappa shape index (κ3) is 2.02. The van der Waals surface area contributed by atoms with E-state index < -0.39 is 12.2 Å². The van der Waals surface area contributed by atoms with Crippen LogP contribution in [0.5, 0.6) is 0 Å². The van der Waals surface area contributed by atoms with Crippen molar-refractivity contribution in [3.8, 4) is 0 Å². The fourth-order valence-electron chi connectivity index (χ4n) is 2.95. The summed E-state index contributed by atoms with van der Waals surface area (Å²) in [6, 6.07) is 9.91. The van der Waals surface area contributed by atoms with E-state index in [1.807, 2.05) is 24.3 Å². The number of hydrogen-bond acceptors (Lipinski definition) is 3. The summed E-state index contributed by atoms with van der Waals surface area (Å²) in [5.41, 5.74) is 11.6. The first-order chi connectivity index (χ1) is 9.72. The van der Waals surface area contributed by atoms with Crippen LogP contribution >= 0.6 is 0 Å². The summed E-state index contributed by atoms with van der Waals surface area (Å²) in [6.07, 6.45) is -0.101. The Hall–Kier alpha value is -2.07. The van der Waals surface area contributed by atoms with Crippen LogP contribution < -0.4 is 0 Å². The van der Waals surface area contributed by atoms with Crippen molar-refractivity contribution < 1.29 is 10.2 Å². The number of aliphatic hydroxyl groups is 2. The summed E-state index contributed by atoms with van der Waals surface area (Å²) in [7, 11) is 0. The molecule has 102 valence electrons. The molecule has 0 amide bonds. The Morgan fingerprint density at radius 2 is 1.90 bits per heavy atom. The van der Waals surface area contributed by atoms with Gasteiger partial charge in [-0.1, -0.05) is 35.4 Å². The van der Waals surface area contributed by atoms with Gasteiger partial charge in [-0.15, -0.1) is 0 Å². The molecule has 5 nitrogen and oxygen atoms in total. The highest BCUT2D eigenvalue weighted by atomic mass is 16.3. The van der Waals surface area contributed by atoms with Gasteiger partial charge in [-0.3, -0.25) is 0 Å². The molecule has 2 atom stereocenters. The molecule has 0 fully saturated rings. The molecular formula is C15H15N3O2. The molecule has 20 heavy (non-hydrogen) atoms. The Morgan fingerprint density at radius 3 is 2.65 bits per heavy atom. The lowest BCUT2D eigenvalue weighted by atomic mass is 9.94. The van der Waals surface area contributed by atoms with Gasteiger partial charge in [0, 0.05) is 4.91 Å². The number of aliphatic hydroxyl groups excluding tert-OH is 2. The van der Waals surface area contributed by atoms with Gasteiger partial charge in [0.15, 0.2) is 0 Å². The minimum Gasteiger partial charge on any atom is -0.390 e. The van der Waals surface area contributed by atoms with Crippen molar-refractivity contribution in [3.63, 3.8) is 0 Å². The van der Waals surface area contributed by atoms with Crippen molar-refractivity contribution in [3.05, 3.63) is 57.5 Å². The van der Waals surface area contributed by atoms with E-state index in [4.69, 9.17) is 5.53 Å². The highest BCUT2D eigenvalue weighted by molar-refractivity contribution is 5.93. The first-order valence-corrected chi connectivity index (χ1v) is 6.62. The molecule has 1 aliphatic rings. The minimum absolute atomic E-state index is 0.138. The molecule has 0 saturated heterocycles. The lowest BCUT2D eigenvalue weighted by Gasteiger charge is -2.19. The average molecular weight is 269 g/mol. The molecule has 0 aliphatic heterocycles. The summed E-state index contributed by atoms with van der Waals surface area (Å²) in [4.78, 5) is 2.61. The van der Waals surface area contributed by atoms with Gasteiger partial charge in [-0.25, -0.2) is 0 Å². The number of benzene rings is 2. The normalized spacial score (nSPS) is 15.9. The summed E-state index contributed by atoms with van der Waals surface area (Å²) < 4.78 is 0. The SMILES string of the molecule is [N-]=[N+]=NCC(O)C(O)c1ccc2c3c(cccc13)CC2. The van der Waals surface area contributed by atoms with Gasteiger partial charge in [-0.05, 0) is 45.8 Å². The predicted octanol–water partition coefficient (Wildman–Crippen LogP) is 2.64. The monoisotopic (exact) mass is 269 g/mol. The fraction of sp³-hybridized carbons (Fsp3) is 0.333. The van der Waals surface area contributed by atoms with Crippen molar-refractivity contribution in [2.75, 3.05) is 6.54 Å². The Morgan fingerprint density at radius 1 is 1.15 bits per heavy atom. The topological polar surface area (TPSA) is 89.2 Å². The smallest absolute Gasteiger partial charge is 0.106 e. The molecule has 2 unspecified atom stereocenters. The minimum atomic E-state index is -1.09. The molecule has 3 rings (SSSR count). The molecule has 0 heterocycles. The molecule has 2 aromatic carbocycles. The summed E-state index contributed by atoms with van der Waals surface area (Å²) in [5.74, 6) is 0. The second kappa shape index (κ2) is 5.13. The number of hydrogen-bond donors (Lipinski definition) is 2. The maximum atomic E-state index is 10.3. The van der Waals surface area contributed by atoms with Gasteiger partial charge in [0.05, 0.1) is 12.6 Å². The van der Waals surface area contributed by atoms with E-state index in [0.29, 0.717) is 5.56 Å². The second-order valence-corrected chi connectivity index (χ2v) is 5.08. The van der Waals surface area contributed by atoms with Crippen LogP contribution in [-0.4, -0.2) is 22.9 Å². The summed E-state index contributed by atoms with van der Waals surface area (Å²) in [6.45, 7) is -0.138. The molecule has 2 aromatic rings. The van der Waals surface area contributed by atoms with E-state index in [-0.39, 0.29) is 6.54 Å². The zero-order chi connectivity index (χ0) is 14.1. The van der Waals surface area contributed by atoms with Gasteiger partial charge < -0.3 is 10.2 Å². The van der Waals surface area contributed by atoms with E-state index in [1.54, 1.807) is 0 Å². The molecule has 2 N–H and O–H groups in total. The van der Waals surface area contributed by atoms with Crippen LogP contribution in [0.3, 0.4) is 0 Å². The van der Waals surface area contributed by atoms with E-state index in [1.165, 1.54) is 16.5 Å². The molecular weight excluding hydrogens is 254 g/mol. The maximum Gasteiger partial charge on any atom is 0.106 e. The number of aryl methyl sites for hydroxylation is 2. The van der Waals surface area contributed by atoms with Gasteiger partial charge in [0.1, 0.15) is 6.10 Å². The number of rotatable bonds is 4. The molecule has 0 saturated carbocycles. The van der Waals surface area contributed by atoms with E-state index in [2.05, 4.69) is 16.1 Å². The zero-order valence-corrected chi connectivity index (χ0v) is 10.9. The van der Waals surface area contributed by atoms with Crippen LogP contribution in [0.4, 0.5) is 0 Å². The Balaban J connectivity index is 2.07. The van der Waals surface area contributed by atoms with Gasteiger partial charge in [0.2, 0.25) is 0 Å². The van der Waals surface area contributed by atoms with Crippen molar-refractivity contribution in [1.82, 2.24) is 0 Å². The second-order valence-electron chi connectivity index (χ2n) is 5.08. The maximum absolute atomic E-state index is 10.3. The Bertz CT molecular complexity index is 697. The van der Waals surface area contributed by atoms with Gasteiger partial charge >= 0.3 is 0 Å². The van der Waals surface area contributed by atoms with Crippen LogP contribution in [0.1, 0.15) is 22.8 Å². The third-order valence-electron chi connectivity index (χ3n) is 3.93. The van der Waals surface area contributed by atoms with E-state index in [0.717, 1.165) is 18.2 Å². The first-order valence-electron chi connectivity index (χ1n) is 6.62. The Kier molecular flexibility index (Phi) is 3.32. The highest BCUT2D eigenvalue weighted by Crippen LogP contribution is 2.35. The van der Waals surface area contributed by atoms with Crippen molar-refractivity contribution in [2.45, 2.75) is 25.0 Å². The third-order valence-corrected chi connectivity index (χ3v) is 3.93. The van der Waals surface area contributed by atoms with Crippen LogP contribution in [0.25, 0.3) is 21.2 Å². The van der Waals surface area contributed by atoms with Crippen molar-refractivity contribution >= 4 is 10.8 Å². The van der Waals surface area contributed by atoms with Crippen LogP contribution in [0.2, 0.25) is 0 Å². The molecule has 0 radical (unpaired) electrons. The summed E-state index contributed by atoms with van der Waals surface area (Å²) >= 11 is 0. The molecule has 0 spiro atoms. The van der Waals surface area contributed by atoms with Gasteiger partial charge in [0.25, 0.3) is 0 Å². The standard InChI is InChI=1S/C15H15N3O2/c16-18-17-8-13(19)15(20)12-7-6-10-5-4-9-2-1-3-11(12)14(9)10/h1-3,6-7,13,15,19-20H,4-5,8H2. The molecule has 5 heteroatoms. The first kappa shape index (κ1) is 12.9. The van der Waals surface area contributed by atoms with Crippen LogP contribution in [0.15, 0.2) is 35.4 Å².